The van der Waals surface area contributed by atoms with E-state index in [1.165, 1.54) is 27.6 Å². The Hall–Kier alpha value is -2.02. The van der Waals surface area contributed by atoms with Crippen molar-refractivity contribution in [3.8, 4) is 0 Å². The second kappa shape index (κ2) is 16.9. The molecule has 0 aliphatic heterocycles. The molecule has 29 heavy (non-hydrogen) atoms. The smallest absolute Gasteiger partial charge is 0.0480 e. The standard InChI is InChI=1S/C12H15N.C10H14.2C2H6.2CH4/c1-9(2)11-8-13(3)12-7-5-4-6-10(11)12;1-8(2)10-6-4-5-9(3)7-10;2*1-2;;/h4-9H,1-3H3;4-8H,1-3H3;2*1-2H3;2*1H4. The van der Waals surface area contributed by atoms with E-state index in [9.17, 15) is 0 Å². The van der Waals surface area contributed by atoms with Crippen LogP contribution in [0.15, 0.2) is 54.7 Å². The lowest BCUT2D eigenvalue weighted by molar-refractivity contribution is 0.857. The molecule has 1 nitrogen and oxygen atoms in total. The fourth-order valence-electron chi connectivity index (χ4n) is 2.86. The number of hydrogen-bond donors (Lipinski definition) is 0. The first-order chi connectivity index (χ1) is 12.9. The first kappa shape index (κ1) is 31.7. The number of benzene rings is 2. The largest absolute Gasteiger partial charge is 0.350 e. The highest BCUT2D eigenvalue weighted by Crippen LogP contribution is 2.26. The molecule has 1 heteroatoms. The second-order valence-corrected chi connectivity index (χ2v) is 6.94. The molecule has 0 atom stereocenters. The Balaban J connectivity index is -0.000000384. The summed E-state index contributed by atoms with van der Waals surface area (Å²) in [7, 11) is 2.11. The molecule has 0 amide bonds. The summed E-state index contributed by atoms with van der Waals surface area (Å²) >= 11 is 0. The third-order valence-electron chi connectivity index (χ3n) is 4.26. The van der Waals surface area contributed by atoms with Crippen LogP contribution >= 0.6 is 0 Å². The van der Waals surface area contributed by atoms with Crippen molar-refractivity contribution in [3.05, 3.63) is 71.4 Å². The zero-order chi connectivity index (χ0) is 21.0. The molecule has 2 aromatic carbocycles. The molecule has 0 radical (unpaired) electrons. The van der Waals surface area contributed by atoms with Crippen molar-refractivity contribution in [2.75, 3.05) is 0 Å². The van der Waals surface area contributed by atoms with Crippen LogP contribution in [0.5, 0.6) is 0 Å². The minimum absolute atomic E-state index is 0. The predicted molar refractivity (Wildman–Crippen MR) is 138 cm³/mol. The maximum absolute atomic E-state index is 2.24. The molecule has 1 heterocycles. The van der Waals surface area contributed by atoms with E-state index in [4.69, 9.17) is 0 Å². The topological polar surface area (TPSA) is 4.93 Å². The predicted octanol–water partition coefficient (Wildman–Crippen LogP) is 9.74. The van der Waals surface area contributed by atoms with Crippen LogP contribution in [0.4, 0.5) is 0 Å². The van der Waals surface area contributed by atoms with Gasteiger partial charge in [0, 0.05) is 24.1 Å². The molecule has 0 saturated heterocycles. The van der Waals surface area contributed by atoms with Crippen LogP contribution in [-0.2, 0) is 7.05 Å². The highest BCUT2D eigenvalue weighted by molar-refractivity contribution is 5.84. The molecule has 0 N–H and O–H groups in total. The number of hydrogen-bond acceptors (Lipinski definition) is 0. The Morgan fingerprint density at radius 3 is 1.72 bits per heavy atom. The summed E-state index contributed by atoms with van der Waals surface area (Å²) < 4.78 is 2.20. The van der Waals surface area contributed by atoms with Gasteiger partial charge in [0.25, 0.3) is 0 Å². The molecule has 1 aromatic heterocycles. The molecule has 0 saturated carbocycles. The number of nitrogens with zero attached hydrogens (tertiary/aromatic N) is 1. The van der Waals surface area contributed by atoms with Gasteiger partial charge in [0.2, 0.25) is 0 Å². The highest BCUT2D eigenvalue weighted by atomic mass is 14.9. The SMILES string of the molecule is C.C.CC.CC.CC(C)c1cn(C)c2ccccc12.Cc1cccc(C(C)C)c1. The van der Waals surface area contributed by atoms with Gasteiger partial charge in [-0.05, 0) is 36.0 Å². The van der Waals surface area contributed by atoms with Crippen LogP contribution in [0.25, 0.3) is 10.9 Å². The van der Waals surface area contributed by atoms with Gasteiger partial charge in [-0.3, -0.25) is 0 Å². The van der Waals surface area contributed by atoms with Gasteiger partial charge in [0.1, 0.15) is 0 Å². The summed E-state index contributed by atoms with van der Waals surface area (Å²) in [5, 5.41) is 1.39. The van der Waals surface area contributed by atoms with E-state index in [-0.39, 0.29) is 14.9 Å². The monoisotopic (exact) mass is 399 g/mol. The third kappa shape index (κ3) is 9.83. The summed E-state index contributed by atoms with van der Waals surface area (Å²) in [6, 6.07) is 17.2. The lowest BCUT2D eigenvalue weighted by Gasteiger charge is -2.04. The molecule has 0 fully saturated rings. The molecule has 166 valence electrons. The Bertz CT molecular complexity index is 763. The normalized spacial score (nSPS) is 9.10. The first-order valence-electron chi connectivity index (χ1n) is 10.5. The van der Waals surface area contributed by atoms with Crippen LogP contribution in [0, 0.1) is 6.92 Å². The summed E-state index contributed by atoms with van der Waals surface area (Å²) in [6.45, 7) is 19.0. The van der Waals surface area contributed by atoms with Crippen molar-refractivity contribution in [1.82, 2.24) is 4.57 Å². The van der Waals surface area contributed by atoms with Gasteiger partial charge in [0.05, 0.1) is 0 Å². The Kier molecular flexibility index (Phi) is 18.4. The summed E-state index contributed by atoms with van der Waals surface area (Å²) in [4.78, 5) is 0. The molecular weight excluding hydrogens is 350 g/mol. The van der Waals surface area contributed by atoms with E-state index < -0.39 is 0 Å². The quantitative estimate of drug-likeness (QED) is 0.404. The number of aryl methyl sites for hydroxylation is 2. The number of aromatic nitrogens is 1. The van der Waals surface area contributed by atoms with Crippen molar-refractivity contribution in [3.63, 3.8) is 0 Å². The Morgan fingerprint density at radius 1 is 0.724 bits per heavy atom. The molecule has 3 aromatic rings. The second-order valence-electron chi connectivity index (χ2n) is 6.94. The van der Waals surface area contributed by atoms with E-state index in [0.29, 0.717) is 11.8 Å². The van der Waals surface area contributed by atoms with Crippen molar-refractivity contribution in [2.45, 2.75) is 89.0 Å². The molecule has 0 aliphatic carbocycles. The lowest BCUT2D eigenvalue weighted by atomic mass is 10.0. The van der Waals surface area contributed by atoms with Crippen molar-refractivity contribution in [1.29, 1.82) is 0 Å². The zero-order valence-electron chi connectivity index (χ0n) is 19.3. The first-order valence-corrected chi connectivity index (χ1v) is 10.5. The van der Waals surface area contributed by atoms with E-state index in [2.05, 4.69) is 101 Å². The van der Waals surface area contributed by atoms with Gasteiger partial charge in [-0.2, -0.15) is 0 Å². The molecule has 0 spiro atoms. The van der Waals surface area contributed by atoms with Gasteiger partial charge in [-0.1, -0.05) is 118 Å². The number of para-hydroxylation sites is 1. The Labute approximate surface area is 183 Å². The average Bonchev–Trinajstić information content (AvgIpc) is 3.03. The summed E-state index contributed by atoms with van der Waals surface area (Å²) in [5.74, 6) is 1.26. The summed E-state index contributed by atoms with van der Waals surface area (Å²) in [5.41, 5.74) is 5.55. The van der Waals surface area contributed by atoms with Crippen LogP contribution in [0.3, 0.4) is 0 Å². The van der Waals surface area contributed by atoms with Gasteiger partial charge in [0.15, 0.2) is 0 Å². The van der Waals surface area contributed by atoms with Crippen LogP contribution in [-0.4, -0.2) is 4.57 Å². The van der Waals surface area contributed by atoms with Crippen LogP contribution < -0.4 is 0 Å². The highest BCUT2D eigenvalue weighted by Gasteiger charge is 2.07. The van der Waals surface area contributed by atoms with Crippen LogP contribution in [0.1, 0.15) is 98.8 Å². The molecule has 0 bridgehead atoms. The van der Waals surface area contributed by atoms with Gasteiger partial charge in [-0.15, -0.1) is 0 Å². The molecule has 0 unspecified atom stereocenters. The van der Waals surface area contributed by atoms with E-state index in [0.717, 1.165) is 0 Å². The van der Waals surface area contributed by atoms with Gasteiger partial charge < -0.3 is 4.57 Å². The third-order valence-corrected chi connectivity index (χ3v) is 4.26. The lowest BCUT2D eigenvalue weighted by Crippen LogP contribution is -1.86. The van der Waals surface area contributed by atoms with E-state index in [1.807, 2.05) is 27.7 Å². The number of fused-ring (bicyclic) bond motifs is 1. The van der Waals surface area contributed by atoms with E-state index in [1.54, 1.807) is 0 Å². The average molecular weight is 400 g/mol. The minimum atomic E-state index is 0. The Morgan fingerprint density at radius 2 is 1.28 bits per heavy atom. The summed E-state index contributed by atoms with van der Waals surface area (Å²) in [6.07, 6.45) is 2.23. The maximum Gasteiger partial charge on any atom is 0.0480 e. The van der Waals surface area contributed by atoms with Crippen molar-refractivity contribution < 1.29 is 0 Å². The fraction of sp³-hybridized carbons (Fsp3) is 0.500. The van der Waals surface area contributed by atoms with Crippen LogP contribution in [0.2, 0.25) is 0 Å². The molecule has 3 rings (SSSR count). The number of rotatable bonds is 2. The van der Waals surface area contributed by atoms with Gasteiger partial charge in [-0.25, -0.2) is 0 Å². The van der Waals surface area contributed by atoms with E-state index >= 15 is 0 Å². The van der Waals surface area contributed by atoms with Crippen molar-refractivity contribution in [2.24, 2.45) is 7.05 Å². The maximum atomic E-state index is 2.24. The molecule has 0 aliphatic rings. The molecular formula is C28H49N. The zero-order valence-corrected chi connectivity index (χ0v) is 19.3. The van der Waals surface area contributed by atoms with Crippen molar-refractivity contribution >= 4 is 10.9 Å². The van der Waals surface area contributed by atoms with Gasteiger partial charge >= 0.3 is 0 Å². The fourth-order valence-corrected chi connectivity index (χ4v) is 2.86. The minimum Gasteiger partial charge on any atom is -0.350 e.